The molecule has 0 saturated carbocycles. The Kier molecular flexibility index (Phi) is 4.76. The first-order chi connectivity index (χ1) is 12.7. The molecule has 0 amide bonds. The minimum atomic E-state index is -4.13. The van der Waals surface area contributed by atoms with Crippen molar-refractivity contribution in [1.29, 1.82) is 0 Å². The summed E-state index contributed by atoms with van der Waals surface area (Å²) in [6, 6.07) is 9.78. The Bertz CT molecular complexity index is 960. The first kappa shape index (κ1) is 20.6. The second kappa shape index (κ2) is 6.47. The zero-order valence-electron chi connectivity index (χ0n) is 17.1. The number of esters is 1. The molecule has 0 radical (unpaired) electrons. The summed E-state index contributed by atoms with van der Waals surface area (Å²) in [7, 11) is -4.13. The van der Waals surface area contributed by atoms with Crippen molar-refractivity contribution in [2.45, 2.75) is 58.2 Å². The van der Waals surface area contributed by atoms with E-state index in [1.165, 1.54) is 0 Å². The third-order valence-corrected chi connectivity index (χ3v) is 7.08. The van der Waals surface area contributed by atoms with Gasteiger partial charge in [-0.05, 0) is 29.0 Å². The Hall–Kier alpha value is -2.10. The molecule has 1 aliphatic heterocycles. The van der Waals surface area contributed by atoms with Gasteiger partial charge in [0.25, 0.3) is 7.37 Å². The van der Waals surface area contributed by atoms with Crippen molar-refractivity contribution in [2.75, 3.05) is 0 Å². The van der Waals surface area contributed by atoms with Gasteiger partial charge in [-0.25, -0.2) is 4.79 Å². The summed E-state index contributed by atoms with van der Waals surface area (Å²) in [4.78, 5) is 23.3. The van der Waals surface area contributed by atoms with Gasteiger partial charge in [0.1, 0.15) is 5.75 Å². The van der Waals surface area contributed by atoms with E-state index in [4.69, 9.17) is 4.74 Å². The van der Waals surface area contributed by atoms with Gasteiger partial charge < -0.3 is 14.7 Å². The molecule has 0 aromatic heterocycles. The number of carbonyl (C=O) groups excluding carboxylic acids is 1. The highest BCUT2D eigenvalue weighted by atomic mass is 31.2. The van der Waals surface area contributed by atoms with Crippen LogP contribution in [0.15, 0.2) is 36.4 Å². The molecule has 0 aliphatic carbocycles. The van der Waals surface area contributed by atoms with E-state index in [9.17, 15) is 19.4 Å². The lowest BCUT2D eigenvalue weighted by Gasteiger charge is -2.29. The smallest absolute Gasteiger partial charge is 0.339 e. The van der Waals surface area contributed by atoms with E-state index < -0.39 is 30.0 Å². The number of carbonyl (C=O) groups is 1. The molecular formula is C22H27O5P. The first-order valence-electron chi connectivity index (χ1n) is 9.25. The van der Waals surface area contributed by atoms with Crippen LogP contribution < -0.4 is 5.30 Å². The van der Waals surface area contributed by atoms with Crippen molar-refractivity contribution < 1.29 is 24.1 Å². The third kappa shape index (κ3) is 3.38. The summed E-state index contributed by atoms with van der Waals surface area (Å²) in [5, 5.41) is 11.0. The van der Waals surface area contributed by atoms with Gasteiger partial charge >= 0.3 is 5.97 Å². The van der Waals surface area contributed by atoms with E-state index >= 15 is 0 Å². The van der Waals surface area contributed by atoms with Crippen molar-refractivity contribution in [2.24, 2.45) is 0 Å². The molecule has 6 heteroatoms. The first-order valence-corrected chi connectivity index (χ1v) is 11.0. The van der Waals surface area contributed by atoms with Gasteiger partial charge in [0.15, 0.2) is 0 Å². The van der Waals surface area contributed by atoms with Crippen molar-refractivity contribution >= 4 is 18.6 Å². The fourth-order valence-electron chi connectivity index (χ4n) is 3.47. The molecule has 28 heavy (non-hydrogen) atoms. The molecule has 0 bridgehead atoms. The lowest BCUT2D eigenvalue weighted by molar-refractivity contribution is 0.0495. The molecule has 0 fully saturated rings. The zero-order chi connectivity index (χ0) is 21.1. The average Bonchev–Trinajstić information content (AvgIpc) is 2.91. The van der Waals surface area contributed by atoms with E-state index in [-0.39, 0.29) is 11.1 Å². The maximum absolute atomic E-state index is 13.6. The average molecular weight is 402 g/mol. The van der Waals surface area contributed by atoms with Crippen LogP contribution in [0.25, 0.3) is 0 Å². The van der Waals surface area contributed by atoms with Gasteiger partial charge in [0.2, 0.25) is 5.85 Å². The second-order valence-corrected chi connectivity index (χ2v) is 11.6. The molecule has 0 spiro atoms. The Balaban J connectivity index is 2.23. The predicted octanol–water partition coefficient (Wildman–Crippen LogP) is 4.75. The number of phenols is 1. The maximum Gasteiger partial charge on any atom is 0.339 e. The molecule has 2 aromatic carbocycles. The van der Waals surface area contributed by atoms with Crippen LogP contribution in [0.3, 0.4) is 0 Å². The number of rotatable bonds is 2. The summed E-state index contributed by atoms with van der Waals surface area (Å²) in [5.41, 5.74) is 1.02. The van der Waals surface area contributed by atoms with E-state index in [1.54, 1.807) is 36.4 Å². The summed E-state index contributed by atoms with van der Waals surface area (Å²) in [6.45, 7) is 11.6. The van der Waals surface area contributed by atoms with Gasteiger partial charge in [-0.2, -0.15) is 0 Å². The Morgan fingerprint density at radius 1 is 0.964 bits per heavy atom. The summed E-state index contributed by atoms with van der Waals surface area (Å²) in [6.07, 6.45) is 0. The van der Waals surface area contributed by atoms with Crippen LogP contribution in [0.4, 0.5) is 0 Å². The Morgan fingerprint density at radius 3 is 1.96 bits per heavy atom. The van der Waals surface area contributed by atoms with Crippen LogP contribution in [-0.4, -0.2) is 16.0 Å². The van der Waals surface area contributed by atoms with Gasteiger partial charge in [-0.3, -0.25) is 4.57 Å². The fourth-order valence-corrected chi connectivity index (χ4v) is 5.21. The molecule has 0 saturated heterocycles. The molecule has 5 nitrogen and oxygen atoms in total. The van der Waals surface area contributed by atoms with E-state index in [2.05, 4.69) is 0 Å². The van der Waals surface area contributed by atoms with Gasteiger partial charge in [0.05, 0.1) is 5.56 Å². The molecular weight excluding hydrogens is 375 g/mol. The van der Waals surface area contributed by atoms with Crippen molar-refractivity contribution in [3.05, 3.63) is 58.7 Å². The second-order valence-electron chi connectivity index (χ2n) is 9.36. The van der Waals surface area contributed by atoms with E-state index in [0.717, 1.165) is 0 Å². The lowest BCUT2D eigenvalue weighted by Crippen LogP contribution is -2.23. The highest BCUT2D eigenvalue weighted by Crippen LogP contribution is 2.59. The minimum absolute atomic E-state index is 0.132. The quantitative estimate of drug-likeness (QED) is 0.559. The normalized spacial score (nSPS) is 19.1. The predicted molar refractivity (Wildman–Crippen MR) is 110 cm³/mol. The van der Waals surface area contributed by atoms with Crippen LogP contribution in [0, 0.1) is 0 Å². The highest BCUT2D eigenvalue weighted by molar-refractivity contribution is 7.66. The number of phenolic OH excluding ortho intramolecular Hbond substituents is 1. The molecule has 1 aliphatic rings. The van der Waals surface area contributed by atoms with E-state index in [1.807, 2.05) is 41.5 Å². The third-order valence-electron chi connectivity index (χ3n) is 5.06. The molecule has 2 atom stereocenters. The van der Waals surface area contributed by atoms with Crippen molar-refractivity contribution in [3.8, 4) is 5.75 Å². The summed E-state index contributed by atoms with van der Waals surface area (Å²) < 4.78 is 18.9. The molecule has 1 heterocycles. The number of ether oxygens (including phenoxy) is 1. The van der Waals surface area contributed by atoms with Crippen LogP contribution in [0.1, 0.15) is 74.4 Å². The Labute approximate surface area is 165 Å². The molecule has 2 unspecified atom stereocenters. The number of aromatic hydroxyl groups is 1. The number of hydrogen-bond acceptors (Lipinski definition) is 4. The number of fused-ring (bicyclic) bond motifs is 1. The van der Waals surface area contributed by atoms with Crippen LogP contribution in [-0.2, 0) is 20.1 Å². The topological polar surface area (TPSA) is 83.8 Å². The number of cyclic esters (lactones) is 1. The SMILES string of the molecule is CC(C)(C)c1cc(P(=O)(O)C2OC(=O)c3ccccc32)cc(C(C)(C)C)c1O. The zero-order valence-corrected chi connectivity index (χ0v) is 18.0. The van der Waals surface area contributed by atoms with Gasteiger partial charge in [0, 0.05) is 22.0 Å². The largest absolute Gasteiger partial charge is 0.507 e. The molecule has 150 valence electrons. The monoisotopic (exact) mass is 402 g/mol. The summed E-state index contributed by atoms with van der Waals surface area (Å²) >= 11 is 0. The molecule has 2 N–H and O–H groups in total. The van der Waals surface area contributed by atoms with Crippen molar-refractivity contribution in [1.82, 2.24) is 0 Å². The van der Waals surface area contributed by atoms with E-state index in [0.29, 0.717) is 22.3 Å². The molecule has 3 rings (SSSR count). The number of benzene rings is 2. The maximum atomic E-state index is 13.6. The number of hydrogen-bond donors (Lipinski definition) is 2. The standard InChI is InChI=1S/C22H27O5P/c1-21(2,3)16-11-13(12-17(18(16)23)22(4,5)6)28(25,26)20-15-10-8-7-9-14(15)19(24)27-20/h7-12,20,23H,1-6H3,(H,25,26). The fraction of sp³-hybridized carbons (Fsp3) is 0.409. The van der Waals surface area contributed by atoms with Crippen molar-refractivity contribution in [3.63, 3.8) is 0 Å². The summed E-state index contributed by atoms with van der Waals surface area (Å²) in [5.74, 6) is -1.71. The van der Waals surface area contributed by atoms with Crippen LogP contribution in [0.2, 0.25) is 0 Å². The van der Waals surface area contributed by atoms with Crippen LogP contribution in [0.5, 0.6) is 5.75 Å². The minimum Gasteiger partial charge on any atom is -0.507 e. The van der Waals surface area contributed by atoms with Gasteiger partial charge in [-0.15, -0.1) is 0 Å². The highest BCUT2D eigenvalue weighted by Gasteiger charge is 2.45. The van der Waals surface area contributed by atoms with Gasteiger partial charge in [-0.1, -0.05) is 59.7 Å². The lowest BCUT2D eigenvalue weighted by atomic mass is 9.79. The molecule has 2 aromatic rings. The Morgan fingerprint density at radius 2 is 1.46 bits per heavy atom. The van der Waals surface area contributed by atoms with Crippen LogP contribution >= 0.6 is 7.37 Å².